The van der Waals surface area contributed by atoms with E-state index >= 15 is 0 Å². The van der Waals surface area contributed by atoms with Crippen LogP contribution in [0.25, 0.3) is 0 Å². The van der Waals surface area contributed by atoms with Crippen LogP contribution in [0, 0.1) is 5.92 Å². The number of ether oxygens (including phenoxy) is 3. The fraction of sp³-hybridized carbons (Fsp3) is 0.677. The lowest BCUT2D eigenvalue weighted by molar-refractivity contribution is -0.134. The number of nitrogens with one attached hydrogen (secondary N) is 3. The first-order chi connectivity index (χ1) is 20.6. The molecule has 1 aromatic carbocycles. The van der Waals surface area contributed by atoms with E-state index in [1.165, 1.54) is 0 Å². The smallest absolute Gasteiger partial charge is 0.243 e. The van der Waals surface area contributed by atoms with Gasteiger partial charge in [0.2, 0.25) is 17.7 Å². The highest BCUT2D eigenvalue weighted by atomic mass is 16.6. The number of ketones is 1. The SMILES string of the molecule is COc1ccc(C[C@H](NC(=O)[C@H](C)NC(=O)CN2CCOCC2)C(=O)N[C@@H](CC2CCC(O)CC2)C(=O)[C@]2(C)CO2)cc1. The minimum Gasteiger partial charge on any atom is -0.497 e. The van der Waals surface area contributed by atoms with E-state index in [4.69, 9.17) is 14.2 Å². The van der Waals surface area contributed by atoms with E-state index in [2.05, 4.69) is 16.0 Å². The number of morpholine rings is 1. The Bertz CT molecular complexity index is 1110. The first-order valence-corrected chi connectivity index (χ1v) is 15.3. The Morgan fingerprint density at radius 1 is 1.00 bits per heavy atom. The average molecular weight is 603 g/mol. The van der Waals surface area contributed by atoms with E-state index in [1.807, 2.05) is 17.0 Å². The number of nitrogens with zero attached hydrogens (tertiary/aromatic N) is 1. The summed E-state index contributed by atoms with van der Waals surface area (Å²) in [6, 6.07) is 4.49. The normalized spacial score (nSPS) is 26.0. The van der Waals surface area contributed by atoms with Gasteiger partial charge in [0.1, 0.15) is 23.4 Å². The average Bonchev–Trinajstić information content (AvgIpc) is 3.76. The molecule has 4 N–H and O–H groups in total. The topological polar surface area (TPSA) is 159 Å². The van der Waals surface area contributed by atoms with Crippen LogP contribution in [0.2, 0.25) is 0 Å². The number of benzene rings is 1. The summed E-state index contributed by atoms with van der Waals surface area (Å²) in [5, 5.41) is 18.4. The summed E-state index contributed by atoms with van der Waals surface area (Å²) in [7, 11) is 1.56. The molecule has 12 heteroatoms. The second-order valence-corrected chi connectivity index (χ2v) is 12.1. The van der Waals surface area contributed by atoms with E-state index in [0.717, 1.165) is 18.4 Å². The number of Topliss-reactive ketones (excluding diaryl/α,β-unsaturated/α-hetero) is 1. The van der Waals surface area contributed by atoms with Crippen molar-refractivity contribution in [2.75, 3.05) is 46.6 Å². The summed E-state index contributed by atoms with van der Waals surface area (Å²) in [6.07, 6.45) is 3.15. The zero-order valence-electron chi connectivity index (χ0n) is 25.4. The summed E-state index contributed by atoms with van der Waals surface area (Å²) in [6.45, 7) is 6.15. The molecule has 2 saturated heterocycles. The minimum absolute atomic E-state index is 0.152. The van der Waals surface area contributed by atoms with Crippen molar-refractivity contribution in [3.05, 3.63) is 29.8 Å². The fourth-order valence-corrected chi connectivity index (χ4v) is 5.66. The highest BCUT2D eigenvalue weighted by molar-refractivity contribution is 5.98. The number of methoxy groups -OCH3 is 1. The van der Waals surface area contributed by atoms with Crippen molar-refractivity contribution >= 4 is 23.5 Å². The summed E-state index contributed by atoms with van der Waals surface area (Å²) < 4.78 is 16.0. The van der Waals surface area contributed by atoms with Crippen LogP contribution in [0.3, 0.4) is 0 Å². The van der Waals surface area contributed by atoms with Crippen molar-refractivity contribution < 1.29 is 38.5 Å². The number of epoxide rings is 1. The molecule has 1 aliphatic carbocycles. The van der Waals surface area contributed by atoms with Gasteiger partial charge in [-0.1, -0.05) is 12.1 Å². The van der Waals surface area contributed by atoms with E-state index in [1.54, 1.807) is 33.1 Å². The molecular weight excluding hydrogens is 556 g/mol. The standard InChI is InChI=1S/C31H46N4O8/c1-20(32-27(37)18-35-12-14-42-15-13-35)29(39)34-26(17-22-6-10-24(41-3)11-7-22)30(40)33-25(28(38)31(2)19-43-31)16-21-4-8-23(36)9-5-21/h6-7,10-11,20-21,23,25-26,36H,4-5,8-9,12-19H2,1-3H3,(H,32,37)(H,33,40)(H,34,39)/t20-,21?,23?,25-,26-,31-/m0/s1. The number of carbonyl (C=O) groups excluding carboxylic acids is 4. The van der Waals surface area contributed by atoms with Crippen LogP contribution in [0.5, 0.6) is 5.75 Å². The molecule has 4 atom stereocenters. The van der Waals surface area contributed by atoms with Crippen LogP contribution >= 0.6 is 0 Å². The van der Waals surface area contributed by atoms with Gasteiger partial charge < -0.3 is 35.3 Å². The van der Waals surface area contributed by atoms with Gasteiger partial charge in [-0.2, -0.15) is 0 Å². The Kier molecular flexibility index (Phi) is 11.5. The van der Waals surface area contributed by atoms with Gasteiger partial charge >= 0.3 is 0 Å². The molecule has 0 radical (unpaired) electrons. The predicted molar refractivity (Wildman–Crippen MR) is 157 cm³/mol. The largest absolute Gasteiger partial charge is 0.497 e. The molecule has 1 saturated carbocycles. The molecule has 2 aliphatic heterocycles. The van der Waals surface area contributed by atoms with Gasteiger partial charge in [0.25, 0.3) is 0 Å². The van der Waals surface area contributed by atoms with Gasteiger partial charge in [-0.05, 0) is 69.6 Å². The van der Waals surface area contributed by atoms with Crippen molar-refractivity contribution in [2.24, 2.45) is 5.92 Å². The van der Waals surface area contributed by atoms with Gasteiger partial charge in [0, 0.05) is 19.5 Å². The van der Waals surface area contributed by atoms with Crippen LogP contribution in [-0.4, -0.2) is 110 Å². The van der Waals surface area contributed by atoms with Crippen molar-refractivity contribution in [2.45, 2.75) is 82.2 Å². The predicted octanol–water partition coefficient (Wildman–Crippen LogP) is 0.343. The minimum atomic E-state index is -1.00. The second kappa shape index (κ2) is 15.1. The zero-order chi connectivity index (χ0) is 31.0. The molecular formula is C31H46N4O8. The highest BCUT2D eigenvalue weighted by Crippen LogP contribution is 2.33. The Labute approximate surface area is 253 Å². The molecule has 43 heavy (non-hydrogen) atoms. The van der Waals surface area contributed by atoms with E-state index in [-0.39, 0.29) is 36.7 Å². The summed E-state index contributed by atoms with van der Waals surface area (Å²) in [5.41, 5.74) is -0.146. The lowest BCUT2D eigenvalue weighted by Gasteiger charge is -2.30. The molecule has 0 bridgehead atoms. The molecule has 238 valence electrons. The molecule has 2 heterocycles. The number of aliphatic hydroxyl groups excluding tert-OH is 1. The Morgan fingerprint density at radius 3 is 2.23 bits per heavy atom. The van der Waals surface area contributed by atoms with Gasteiger partial charge in [-0.25, -0.2) is 0 Å². The number of hydrogen-bond donors (Lipinski definition) is 4. The Morgan fingerprint density at radius 2 is 1.63 bits per heavy atom. The molecule has 0 spiro atoms. The van der Waals surface area contributed by atoms with E-state index in [9.17, 15) is 24.3 Å². The first kappa shape index (κ1) is 32.8. The maximum atomic E-state index is 13.8. The second-order valence-electron chi connectivity index (χ2n) is 12.1. The van der Waals surface area contributed by atoms with Crippen molar-refractivity contribution in [1.29, 1.82) is 0 Å². The number of amides is 3. The maximum absolute atomic E-state index is 13.8. The fourth-order valence-electron chi connectivity index (χ4n) is 5.66. The first-order valence-electron chi connectivity index (χ1n) is 15.3. The molecule has 0 unspecified atom stereocenters. The van der Waals surface area contributed by atoms with Gasteiger partial charge in [-0.15, -0.1) is 0 Å². The Balaban J connectivity index is 1.44. The summed E-state index contributed by atoms with van der Waals surface area (Å²) >= 11 is 0. The maximum Gasteiger partial charge on any atom is 0.243 e. The van der Waals surface area contributed by atoms with Crippen LogP contribution in [0.15, 0.2) is 24.3 Å². The van der Waals surface area contributed by atoms with Gasteiger partial charge in [-0.3, -0.25) is 24.1 Å². The third-order valence-electron chi connectivity index (χ3n) is 8.59. The molecule has 3 aliphatic rings. The monoisotopic (exact) mass is 602 g/mol. The quantitative estimate of drug-likeness (QED) is 0.220. The number of rotatable bonds is 14. The summed E-state index contributed by atoms with van der Waals surface area (Å²) in [5.74, 6) is -0.644. The van der Waals surface area contributed by atoms with Crippen LogP contribution in [0.4, 0.5) is 0 Å². The van der Waals surface area contributed by atoms with Crippen LogP contribution < -0.4 is 20.7 Å². The van der Waals surface area contributed by atoms with Crippen molar-refractivity contribution in [1.82, 2.24) is 20.9 Å². The molecule has 3 fully saturated rings. The van der Waals surface area contributed by atoms with E-state index < -0.39 is 35.5 Å². The molecule has 1 aromatic rings. The number of hydrogen-bond acceptors (Lipinski definition) is 9. The lowest BCUT2D eigenvalue weighted by atomic mass is 9.81. The third kappa shape index (κ3) is 9.72. The number of carbonyl (C=O) groups is 4. The highest BCUT2D eigenvalue weighted by Gasteiger charge is 2.50. The molecule has 0 aromatic heterocycles. The van der Waals surface area contributed by atoms with Crippen molar-refractivity contribution in [3.8, 4) is 5.75 Å². The third-order valence-corrected chi connectivity index (χ3v) is 8.59. The van der Waals surface area contributed by atoms with Crippen molar-refractivity contribution in [3.63, 3.8) is 0 Å². The molecule has 4 rings (SSSR count). The van der Waals surface area contributed by atoms with Gasteiger partial charge in [0.05, 0.1) is 45.6 Å². The molecule has 12 nitrogen and oxygen atoms in total. The summed E-state index contributed by atoms with van der Waals surface area (Å²) in [4.78, 5) is 55.0. The Hall–Kier alpha value is -3.06. The van der Waals surface area contributed by atoms with Gasteiger partial charge in [0.15, 0.2) is 5.78 Å². The lowest BCUT2D eigenvalue weighted by Crippen LogP contribution is -2.57. The number of aliphatic hydroxyl groups is 1. The van der Waals surface area contributed by atoms with E-state index in [0.29, 0.717) is 57.9 Å². The van der Waals surface area contributed by atoms with Crippen LogP contribution in [0.1, 0.15) is 51.5 Å². The van der Waals surface area contributed by atoms with Crippen LogP contribution in [-0.2, 0) is 35.1 Å². The zero-order valence-corrected chi connectivity index (χ0v) is 25.4. The molecule has 3 amide bonds.